The van der Waals surface area contributed by atoms with E-state index in [1.165, 1.54) is 11.8 Å². The summed E-state index contributed by atoms with van der Waals surface area (Å²) in [5, 5.41) is 5.33. The highest BCUT2D eigenvalue weighted by molar-refractivity contribution is 8.01. The molecule has 4 rings (SSSR count). The van der Waals surface area contributed by atoms with Gasteiger partial charge in [-0.05, 0) is 24.3 Å². The summed E-state index contributed by atoms with van der Waals surface area (Å²) in [5.41, 5.74) is 2.72. The van der Waals surface area contributed by atoms with E-state index in [1.54, 1.807) is 0 Å². The Labute approximate surface area is 154 Å². The minimum Gasteiger partial charge on any atom is -0.356 e. The molecule has 0 saturated heterocycles. The third kappa shape index (κ3) is 3.57. The number of nitrogens with one attached hydrogen (secondary N) is 3. The zero-order chi connectivity index (χ0) is 17.9. The first-order valence-corrected chi connectivity index (χ1v) is 9.34. The van der Waals surface area contributed by atoms with Crippen LogP contribution in [-0.2, 0) is 16.0 Å². The molecule has 0 aliphatic carbocycles. The lowest BCUT2D eigenvalue weighted by molar-refractivity contribution is -0.124. The number of hydrogen-bond acceptors (Lipinski definition) is 4. The summed E-state index contributed by atoms with van der Waals surface area (Å²) < 4.78 is 0. The van der Waals surface area contributed by atoms with Gasteiger partial charge in [0.15, 0.2) is 0 Å². The number of benzene rings is 2. The fourth-order valence-electron chi connectivity index (χ4n) is 2.91. The number of aromatic amines is 1. The second-order valence-electron chi connectivity index (χ2n) is 6.10. The van der Waals surface area contributed by atoms with Crippen LogP contribution in [0.2, 0.25) is 0 Å². The number of para-hydroxylation sites is 3. The van der Waals surface area contributed by atoms with Crippen molar-refractivity contribution in [3.8, 4) is 0 Å². The summed E-state index contributed by atoms with van der Waals surface area (Å²) in [4.78, 5) is 33.1. The third-order valence-electron chi connectivity index (χ3n) is 4.20. The van der Waals surface area contributed by atoms with Gasteiger partial charge in [-0.25, -0.2) is 4.98 Å². The van der Waals surface area contributed by atoms with Crippen LogP contribution < -0.4 is 10.6 Å². The van der Waals surface area contributed by atoms with Crippen molar-refractivity contribution in [3.05, 3.63) is 54.4 Å². The molecule has 1 aliphatic heterocycles. The fourth-order valence-corrected chi connectivity index (χ4v) is 4.02. The molecular formula is C19H18N4O2S. The van der Waals surface area contributed by atoms with Crippen molar-refractivity contribution < 1.29 is 9.59 Å². The lowest BCUT2D eigenvalue weighted by Crippen LogP contribution is -2.35. The number of thioether (sulfide) groups is 1. The van der Waals surface area contributed by atoms with Crippen LogP contribution in [0.1, 0.15) is 12.2 Å². The number of rotatable bonds is 5. The van der Waals surface area contributed by atoms with Crippen LogP contribution in [0.25, 0.3) is 11.0 Å². The van der Waals surface area contributed by atoms with E-state index in [-0.39, 0.29) is 18.2 Å². The van der Waals surface area contributed by atoms with E-state index in [2.05, 4.69) is 20.6 Å². The van der Waals surface area contributed by atoms with E-state index in [0.717, 1.165) is 27.4 Å². The van der Waals surface area contributed by atoms with Gasteiger partial charge in [0.1, 0.15) is 5.82 Å². The Morgan fingerprint density at radius 1 is 1.15 bits per heavy atom. The van der Waals surface area contributed by atoms with Crippen molar-refractivity contribution in [2.75, 3.05) is 11.9 Å². The van der Waals surface area contributed by atoms with Gasteiger partial charge in [0.05, 0.1) is 22.0 Å². The van der Waals surface area contributed by atoms with Crippen molar-refractivity contribution in [2.24, 2.45) is 0 Å². The van der Waals surface area contributed by atoms with Crippen LogP contribution in [0.5, 0.6) is 0 Å². The van der Waals surface area contributed by atoms with Crippen LogP contribution >= 0.6 is 11.8 Å². The number of imidazole rings is 1. The van der Waals surface area contributed by atoms with E-state index in [9.17, 15) is 9.59 Å². The molecule has 0 radical (unpaired) electrons. The molecule has 3 N–H and O–H groups in total. The van der Waals surface area contributed by atoms with Gasteiger partial charge in [0, 0.05) is 24.3 Å². The number of hydrogen-bond donors (Lipinski definition) is 3. The molecule has 1 atom stereocenters. The Balaban J connectivity index is 1.29. The number of nitrogens with zero attached hydrogens (tertiary/aromatic N) is 1. The molecule has 1 aliphatic rings. The third-order valence-corrected chi connectivity index (χ3v) is 5.47. The van der Waals surface area contributed by atoms with Crippen LogP contribution in [0.3, 0.4) is 0 Å². The fraction of sp³-hybridized carbons (Fsp3) is 0.211. The van der Waals surface area contributed by atoms with Crippen molar-refractivity contribution in [1.82, 2.24) is 15.3 Å². The van der Waals surface area contributed by atoms with Gasteiger partial charge in [-0.2, -0.15) is 0 Å². The molecule has 132 valence electrons. The van der Waals surface area contributed by atoms with Crippen LogP contribution in [0.4, 0.5) is 5.69 Å². The Hall–Kier alpha value is -2.80. The lowest BCUT2D eigenvalue weighted by atomic mass is 10.2. The second kappa shape index (κ2) is 7.21. The van der Waals surface area contributed by atoms with E-state index in [4.69, 9.17) is 0 Å². The number of amides is 2. The number of anilines is 1. The molecule has 2 heterocycles. The molecule has 0 unspecified atom stereocenters. The Kier molecular flexibility index (Phi) is 4.62. The predicted octanol–water partition coefficient (Wildman–Crippen LogP) is 2.72. The van der Waals surface area contributed by atoms with Crippen molar-refractivity contribution in [1.29, 1.82) is 0 Å². The minimum absolute atomic E-state index is 0.124. The van der Waals surface area contributed by atoms with E-state index in [1.807, 2.05) is 48.5 Å². The number of aromatic nitrogens is 2. The normalized spacial score (nSPS) is 16.2. The molecule has 0 saturated carbocycles. The SMILES string of the molecule is O=C(C[C@@H]1Sc2ccccc2NC1=O)NCCc1nc2ccccc2[nH]1. The minimum atomic E-state index is -0.406. The average molecular weight is 366 g/mol. The molecular weight excluding hydrogens is 348 g/mol. The number of H-pyrrole nitrogens is 1. The second-order valence-corrected chi connectivity index (χ2v) is 7.34. The quantitative estimate of drug-likeness (QED) is 0.648. The summed E-state index contributed by atoms with van der Waals surface area (Å²) in [6, 6.07) is 15.4. The molecule has 2 aromatic carbocycles. The monoisotopic (exact) mass is 366 g/mol. The molecule has 0 spiro atoms. The zero-order valence-electron chi connectivity index (χ0n) is 14.0. The van der Waals surface area contributed by atoms with Crippen molar-refractivity contribution in [2.45, 2.75) is 23.0 Å². The van der Waals surface area contributed by atoms with Crippen molar-refractivity contribution in [3.63, 3.8) is 0 Å². The van der Waals surface area contributed by atoms with E-state index in [0.29, 0.717) is 13.0 Å². The van der Waals surface area contributed by atoms with Crippen LogP contribution in [-0.4, -0.2) is 33.6 Å². The van der Waals surface area contributed by atoms with E-state index < -0.39 is 5.25 Å². The maximum absolute atomic E-state index is 12.2. The average Bonchev–Trinajstić information content (AvgIpc) is 3.05. The molecule has 2 amide bonds. The number of fused-ring (bicyclic) bond motifs is 2. The van der Waals surface area contributed by atoms with Crippen molar-refractivity contribution >= 4 is 40.3 Å². The number of carbonyl (C=O) groups is 2. The smallest absolute Gasteiger partial charge is 0.238 e. The van der Waals surface area contributed by atoms with Gasteiger partial charge in [0.2, 0.25) is 11.8 Å². The van der Waals surface area contributed by atoms with Gasteiger partial charge in [-0.1, -0.05) is 24.3 Å². The molecule has 6 nitrogen and oxygen atoms in total. The summed E-state index contributed by atoms with van der Waals surface area (Å²) in [6.07, 6.45) is 0.776. The lowest BCUT2D eigenvalue weighted by Gasteiger charge is -2.23. The molecule has 0 bridgehead atoms. The molecule has 26 heavy (non-hydrogen) atoms. The Bertz CT molecular complexity index is 936. The number of carbonyl (C=O) groups excluding carboxylic acids is 2. The first-order valence-electron chi connectivity index (χ1n) is 8.46. The highest BCUT2D eigenvalue weighted by Crippen LogP contribution is 2.36. The Morgan fingerprint density at radius 2 is 1.96 bits per heavy atom. The Morgan fingerprint density at radius 3 is 2.85 bits per heavy atom. The first kappa shape index (κ1) is 16.7. The maximum atomic E-state index is 12.2. The van der Waals surface area contributed by atoms with Gasteiger partial charge in [0.25, 0.3) is 0 Å². The molecule has 7 heteroatoms. The predicted molar refractivity (Wildman–Crippen MR) is 102 cm³/mol. The van der Waals surface area contributed by atoms with E-state index >= 15 is 0 Å². The summed E-state index contributed by atoms with van der Waals surface area (Å²) in [7, 11) is 0. The van der Waals surface area contributed by atoms with Gasteiger partial charge >= 0.3 is 0 Å². The standard InChI is InChI=1S/C19H18N4O2S/c24-18(11-16-19(25)23-14-7-3-4-8-15(14)26-16)20-10-9-17-21-12-5-1-2-6-13(12)22-17/h1-8,16H,9-11H2,(H,20,24)(H,21,22)(H,23,25)/t16-/m0/s1. The highest BCUT2D eigenvalue weighted by atomic mass is 32.2. The first-order chi connectivity index (χ1) is 12.7. The summed E-state index contributed by atoms with van der Waals surface area (Å²) in [5.74, 6) is 0.583. The topological polar surface area (TPSA) is 86.9 Å². The largest absolute Gasteiger partial charge is 0.356 e. The summed E-state index contributed by atoms with van der Waals surface area (Å²) in [6.45, 7) is 0.480. The highest BCUT2D eigenvalue weighted by Gasteiger charge is 2.28. The zero-order valence-corrected chi connectivity index (χ0v) is 14.8. The van der Waals surface area contributed by atoms with Gasteiger partial charge in [-0.3, -0.25) is 9.59 Å². The molecule has 3 aromatic rings. The van der Waals surface area contributed by atoms with Crippen LogP contribution in [0, 0.1) is 0 Å². The van der Waals surface area contributed by atoms with Gasteiger partial charge < -0.3 is 15.6 Å². The maximum Gasteiger partial charge on any atom is 0.238 e. The molecule has 0 fully saturated rings. The van der Waals surface area contributed by atoms with Crippen LogP contribution in [0.15, 0.2) is 53.4 Å². The van der Waals surface area contributed by atoms with Gasteiger partial charge in [-0.15, -0.1) is 11.8 Å². The molecule has 1 aromatic heterocycles. The summed E-state index contributed by atoms with van der Waals surface area (Å²) >= 11 is 1.43.